The fraction of sp³-hybridized carbons (Fsp3) is 0.357. The van der Waals surface area contributed by atoms with E-state index in [0.29, 0.717) is 17.7 Å². The van der Waals surface area contributed by atoms with Crippen LogP contribution in [-0.2, 0) is 33.3 Å². The Morgan fingerprint density at radius 2 is 1.81 bits per heavy atom. The lowest BCUT2D eigenvalue weighted by Gasteiger charge is -2.24. The summed E-state index contributed by atoms with van der Waals surface area (Å²) in [6, 6.07) is 7.75. The van der Waals surface area contributed by atoms with Gasteiger partial charge in [-0.1, -0.05) is 38.1 Å². The monoisotopic (exact) mass is 519 g/mol. The Morgan fingerprint density at radius 3 is 2.43 bits per heavy atom. The quantitative estimate of drug-likeness (QED) is 0.407. The van der Waals surface area contributed by atoms with Crippen LogP contribution in [0.5, 0.6) is 0 Å². The van der Waals surface area contributed by atoms with Crippen molar-refractivity contribution in [1.29, 1.82) is 0 Å². The number of alkyl halides is 3. The van der Waals surface area contributed by atoms with Crippen LogP contribution in [-0.4, -0.2) is 30.0 Å². The lowest BCUT2D eigenvalue weighted by Crippen LogP contribution is -2.22. The number of carbonyl (C=O) groups excluding carboxylic acids is 2. The van der Waals surface area contributed by atoms with E-state index >= 15 is 0 Å². The number of aliphatic hydroxyl groups excluding tert-OH is 1. The third-order valence-corrected chi connectivity index (χ3v) is 5.90. The van der Waals surface area contributed by atoms with Gasteiger partial charge in [0, 0.05) is 18.7 Å². The first kappa shape index (κ1) is 28.1. The summed E-state index contributed by atoms with van der Waals surface area (Å²) < 4.78 is 61.1. The van der Waals surface area contributed by atoms with Crippen LogP contribution in [0.15, 0.2) is 54.3 Å². The third-order valence-electron chi connectivity index (χ3n) is 5.90. The van der Waals surface area contributed by atoms with Crippen molar-refractivity contribution in [3.63, 3.8) is 0 Å². The minimum Gasteiger partial charge on any atom is -0.490 e. The summed E-state index contributed by atoms with van der Waals surface area (Å²) in [5.74, 6) is -1.30. The molecule has 2 aromatic carbocycles. The highest BCUT2D eigenvalue weighted by Crippen LogP contribution is 2.36. The normalized spacial score (nSPS) is 14.2. The second kappa shape index (κ2) is 11.3. The molecule has 3 rings (SSSR count). The molecule has 1 amide bonds. The Bertz CT molecular complexity index is 1250. The molecule has 0 spiro atoms. The zero-order valence-corrected chi connectivity index (χ0v) is 20.8. The summed E-state index contributed by atoms with van der Waals surface area (Å²) in [4.78, 5) is 24.4. The number of rotatable bonds is 9. The standard InChI is InChI=1S/C28H29F4NO4/c1-4-37-25-12-18(8-10-24(25)35)17-5-6-19(23(29)11-17)13-26(36)33-21-9-7-20(15-27(2,3)16-34)22(14-21)28(30,31)32/h5-9,11-12,14,34H,4,10,13,15-16H2,1-3H3,(H,33,36). The maximum atomic E-state index is 14.8. The number of Topliss-reactive ketones (excluding diaryl/α,β-unsaturated/α-hetero) is 1. The number of halogens is 4. The van der Waals surface area contributed by atoms with Crippen molar-refractivity contribution in [2.24, 2.45) is 5.41 Å². The van der Waals surface area contributed by atoms with Gasteiger partial charge in [-0.2, -0.15) is 13.2 Å². The molecule has 0 bridgehead atoms. The van der Waals surface area contributed by atoms with Gasteiger partial charge in [0.05, 0.1) is 18.6 Å². The summed E-state index contributed by atoms with van der Waals surface area (Å²) in [7, 11) is 0. The third kappa shape index (κ3) is 7.29. The number of ether oxygens (including phenoxy) is 1. The van der Waals surface area contributed by atoms with Crippen molar-refractivity contribution in [2.45, 2.75) is 46.2 Å². The van der Waals surface area contributed by atoms with Gasteiger partial charge in [-0.05, 0) is 65.3 Å². The molecule has 0 fully saturated rings. The van der Waals surface area contributed by atoms with E-state index in [4.69, 9.17) is 4.74 Å². The number of hydrogen-bond acceptors (Lipinski definition) is 4. The molecule has 0 saturated heterocycles. The molecule has 0 aromatic heterocycles. The van der Waals surface area contributed by atoms with Gasteiger partial charge in [0.25, 0.3) is 0 Å². The van der Waals surface area contributed by atoms with Gasteiger partial charge in [0.2, 0.25) is 11.7 Å². The lowest BCUT2D eigenvalue weighted by atomic mass is 9.84. The maximum Gasteiger partial charge on any atom is 0.416 e. The Morgan fingerprint density at radius 1 is 1.11 bits per heavy atom. The van der Waals surface area contributed by atoms with E-state index in [-0.39, 0.29) is 54.2 Å². The first-order chi connectivity index (χ1) is 17.3. The average Bonchev–Trinajstić information content (AvgIpc) is 2.82. The molecule has 0 atom stereocenters. The molecule has 0 heterocycles. The van der Waals surface area contributed by atoms with Crippen LogP contribution < -0.4 is 5.32 Å². The van der Waals surface area contributed by atoms with Crippen LogP contribution in [0.3, 0.4) is 0 Å². The number of ketones is 1. The van der Waals surface area contributed by atoms with Gasteiger partial charge in [-0.15, -0.1) is 0 Å². The second-order valence-corrected chi connectivity index (χ2v) is 9.63. The molecule has 2 N–H and O–H groups in total. The maximum absolute atomic E-state index is 14.8. The fourth-order valence-corrected chi connectivity index (χ4v) is 3.95. The van der Waals surface area contributed by atoms with Crippen molar-refractivity contribution in [3.05, 3.63) is 82.4 Å². The largest absolute Gasteiger partial charge is 0.490 e. The molecule has 1 aliphatic rings. The van der Waals surface area contributed by atoms with E-state index < -0.39 is 28.9 Å². The van der Waals surface area contributed by atoms with Crippen molar-refractivity contribution < 1.29 is 37.0 Å². The summed E-state index contributed by atoms with van der Waals surface area (Å²) >= 11 is 0. The van der Waals surface area contributed by atoms with Crippen LogP contribution in [0.4, 0.5) is 23.2 Å². The molecule has 1 aliphatic carbocycles. The summed E-state index contributed by atoms with van der Waals surface area (Å²) in [5.41, 5.74) is -0.527. The van der Waals surface area contributed by atoms with Gasteiger partial charge in [-0.3, -0.25) is 9.59 Å². The molecular formula is C28H29F4NO4. The van der Waals surface area contributed by atoms with Crippen LogP contribution in [0.2, 0.25) is 0 Å². The van der Waals surface area contributed by atoms with Crippen molar-refractivity contribution >= 4 is 23.0 Å². The summed E-state index contributed by atoms with van der Waals surface area (Å²) in [5, 5.41) is 11.8. The van der Waals surface area contributed by atoms with Crippen molar-refractivity contribution in [1.82, 2.24) is 0 Å². The topological polar surface area (TPSA) is 75.6 Å². The molecule has 0 aliphatic heterocycles. The smallest absolute Gasteiger partial charge is 0.416 e. The molecule has 5 nitrogen and oxygen atoms in total. The summed E-state index contributed by atoms with van der Waals surface area (Å²) in [6.07, 6.45) is -1.71. The SMILES string of the molecule is CCOC1=CC(c2ccc(CC(=O)Nc3ccc(CC(C)(C)CO)c(C(F)(F)F)c3)c(F)c2)=CCC1=O. The fourth-order valence-electron chi connectivity index (χ4n) is 3.95. The van der Waals surface area contributed by atoms with E-state index in [1.807, 2.05) is 0 Å². The molecular weight excluding hydrogens is 490 g/mol. The highest BCUT2D eigenvalue weighted by Gasteiger charge is 2.35. The molecule has 0 saturated carbocycles. The summed E-state index contributed by atoms with van der Waals surface area (Å²) in [6.45, 7) is 5.10. The predicted molar refractivity (Wildman–Crippen MR) is 132 cm³/mol. The minimum absolute atomic E-state index is 0.00399. The van der Waals surface area contributed by atoms with E-state index in [0.717, 1.165) is 6.07 Å². The van der Waals surface area contributed by atoms with Gasteiger partial charge in [0.1, 0.15) is 5.82 Å². The number of amides is 1. The zero-order valence-electron chi connectivity index (χ0n) is 20.8. The van der Waals surface area contributed by atoms with Crippen LogP contribution in [0.1, 0.15) is 49.4 Å². The number of aliphatic hydroxyl groups is 1. The molecule has 9 heteroatoms. The first-order valence-corrected chi connectivity index (χ1v) is 11.8. The Balaban J connectivity index is 1.75. The highest BCUT2D eigenvalue weighted by molar-refractivity contribution is 6.01. The number of benzene rings is 2. The average molecular weight is 520 g/mol. The second-order valence-electron chi connectivity index (χ2n) is 9.63. The number of allylic oxidation sites excluding steroid dienone is 4. The van der Waals surface area contributed by atoms with Gasteiger partial charge < -0.3 is 15.2 Å². The number of carbonyl (C=O) groups is 2. The Hall–Kier alpha value is -3.46. The molecule has 198 valence electrons. The highest BCUT2D eigenvalue weighted by atomic mass is 19.4. The zero-order chi connectivity index (χ0) is 27.4. The Kier molecular flexibility index (Phi) is 8.58. The van der Waals surface area contributed by atoms with Crippen molar-refractivity contribution in [2.75, 3.05) is 18.5 Å². The molecule has 37 heavy (non-hydrogen) atoms. The molecule has 2 aromatic rings. The minimum atomic E-state index is -4.65. The van der Waals surface area contributed by atoms with Gasteiger partial charge >= 0.3 is 6.18 Å². The van der Waals surface area contributed by atoms with E-state index in [2.05, 4.69) is 5.32 Å². The molecule has 0 radical (unpaired) electrons. The van der Waals surface area contributed by atoms with E-state index in [9.17, 15) is 32.3 Å². The number of anilines is 1. The van der Waals surface area contributed by atoms with Gasteiger partial charge in [0.15, 0.2) is 5.76 Å². The number of hydrogen-bond donors (Lipinski definition) is 2. The number of nitrogens with one attached hydrogen (secondary N) is 1. The van der Waals surface area contributed by atoms with E-state index in [1.54, 1.807) is 39.0 Å². The van der Waals surface area contributed by atoms with Crippen LogP contribution in [0.25, 0.3) is 5.57 Å². The first-order valence-electron chi connectivity index (χ1n) is 11.8. The van der Waals surface area contributed by atoms with Crippen LogP contribution >= 0.6 is 0 Å². The van der Waals surface area contributed by atoms with Gasteiger partial charge in [-0.25, -0.2) is 4.39 Å². The van der Waals surface area contributed by atoms with E-state index in [1.165, 1.54) is 24.3 Å². The molecule has 0 unspecified atom stereocenters. The lowest BCUT2D eigenvalue weighted by molar-refractivity contribution is -0.138. The predicted octanol–water partition coefficient (Wildman–Crippen LogP) is 5.86. The van der Waals surface area contributed by atoms with Crippen LogP contribution in [0, 0.1) is 11.2 Å². The van der Waals surface area contributed by atoms with Crippen molar-refractivity contribution in [3.8, 4) is 0 Å². The Labute approximate surface area is 212 Å².